The van der Waals surface area contributed by atoms with Gasteiger partial charge >= 0.3 is 0 Å². The van der Waals surface area contributed by atoms with Crippen LogP contribution >= 0.6 is 15.9 Å². The lowest BCUT2D eigenvalue weighted by molar-refractivity contribution is 0.340. The summed E-state index contributed by atoms with van der Waals surface area (Å²) in [6.45, 7) is 5.32. The van der Waals surface area contributed by atoms with Crippen molar-refractivity contribution in [2.45, 2.75) is 39.2 Å². The summed E-state index contributed by atoms with van der Waals surface area (Å²) in [5.74, 6) is 1.16. The van der Waals surface area contributed by atoms with Crippen LogP contribution in [0.5, 0.6) is 0 Å². The van der Waals surface area contributed by atoms with E-state index in [1.807, 2.05) is 6.07 Å². The van der Waals surface area contributed by atoms with Crippen LogP contribution < -0.4 is 5.32 Å². The van der Waals surface area contributed by atoms with Crippen molar-refractivity contribution in [2.75, 3.05) is 6.54 Å². The first-order valence-electron chi connectivity index (χ1n) is 6.81. The van der Waals surface area contributed by atoms with E-state index < -0.39 is 0 Å². The van der Waals surface area contributed by atoms with E-state index in [2.05, 4.69) is 35.1 Å². The van der Waals surface area contributed by atoms with Crippen molar-refractivity contribution in [3.63, 3.8) is 0 Å². The topological polar surface area (TPSA) is 12.0 Å². The third kappa shape index (κ3) is 3.33. The van der Waals surface area contributed by atoms with Gasteiger partial charge in [0.05, 0.1) is 0 Å². The molecule has 0 amide bonds. The van der Waals surface area contributed by atoms with Crippen LogP contribution in [-0.2, 0) is 0 Å². The van der Waals surface area contributed by atoms with Gasteiger partial charge in [0, 0.05) is 16.1 Å². The maximum absolute atomic E-state index is 14.0. The van der Waals surface area contributed by atoms with Gasteiger partial charge in [-0.15, -0.1) is 0 Å². The molecule has 0 heterocycles. The molecule has 2 unspecified atom stereocenters. The molecule has 0 bridgehead atoms. The number of hydrogen-bond donors (Lipinski definition) is 1. The average molecular weight is 314 g/mol. The maximum atomic E-state index is 14.0. The van der Waals surface area contributed by atoms with Gasteiger partial charge in [0.25, 0.3) is 0 Å². The van der Waals surface area contributed by atoms with Crippen molar-refractivity contribution in [2.24, 2.45) is 11.8 Å². The largest absolute Gasteiger partial charge is 0.310 e. The van der Waals surface area contributed by atoms with Crippen molar-refractivity contribution in [3.8, 4) is 0 Å². The Bertz CT molecular complexity index is 403. The van der Waals surface area contributed by atoms with Gasteiger partial charge in [-0.25, -0.2) is 4.39 Å². The number of nitrogens with one attached hydrogen (secondary N) is 1. The molecule has 0 radical (unpaired) electrons. The summed E-state index contributed by atoms with van der Waals surface area (Å²) in [6.07, 6.45) is 3.66. The SMILES string of the molecule is CCCNC(c1cc(Br)ccc1F)C(C)C1CC1. The van der Waals surface area contributed by atoms with Crippen LogP contribution in [0.15, 0.2) is 22.7 Å². The molecule has 1 nitrogen and oxygen atoms in total. The van der Waals surface area contributed by atoms with Gasteiger partial charge < -0.3 is 5.32 Å². The molecule has 1 N–H and O–H groups in total. The van der Waals surface area contributed by atoms with Crippen LogP contribution in [0.4, 0.5) is 4.39 Å². The standard InChI is InChI=1S/C15H21BrFN/c1-3-8-18-15(10(2)11-4-5-11)13-9-12(16)6-7-14(13)17/h6-7,9-11,15,18H,3-5,8H2,1-2H3. The number of rotatable bonds is 6. The van der Waals surface area contributed by atoms with Crippen LogP contribution in [0.1, 0.15) is 44.7 Å². The van der Waals surface area contributed by atoms with Crippen LogP contribution in [0, 0.1) is 17.7 Å². The second-order valence-electron chi connectivity index (χ2n) is 5.29. The first kappa shape index (κ1) is 14.0. The van der Waals surface area contributed by atoms with E-state index in [9.17, 15) is 4.39 Å². The van der Waals surface area contributed by atoms with Gasteiger partial charge in [0.1, 0.15) is 5.82 Å². The Morgan fingerprint density at radius 2 is 2.17 bits per heavy atom. The molecule has 2 atom stereocenters. The Morgan fingerprint density at radius 3 is 2.78 bits per heavy atom. The van der Waals surface area contributed by atoms with E-state index in [1.54, 1.807) is 12.1 Å². The lowest BCUT2D eigenvalue weighted by atomic mass is 9.90. The van der Waals surface area contributed by atoms with Gasteiger partial charge in [-0.1, -0.05) is 29.8 Å². The predicted molar refractivity (Wildman–Crippen MR) is 77.0 cm³/mol. The molecule has 1 aromatic carbocycles. The highest BCUT2D eigenvalue weighted by atomic mass is 79.9. The molecular formula is C15H21BrFN. The Hall–Kier alpha value is -0.410. The molecule has 1 fully saturated rings. The van der Waals surface area contributed by atoms with Crippen LogP contribution in [-0.4, -0.2) is 6.54 Å². The first-order valence-corrected chi connectivity index (χ1v) is 7.61. The Morgan fingerprint density at radius 1 is 1.44 bits per heavy atom. The van der Waals surface area contributed by atoms with Crippen molar-refractivity contribution in [1.82, 2.24) is 5.32 Å². The molecule has 1 aliphatic rings. The van der Waals surface area contributed by atoms with E-state index in [0.717, 1.165) is 28.9 Å². The smallest absolute Gasteiger partial charge is 0.128 e. The summed E-state index contributed by atoms with van der Waals surface area (Å²) >= 11 is 3.44. The van der Waals surface area contributed by atoms with Gasteiger partial charge in [-0.3, -0.25) is 0 Å². The monoisotopic (exact) mass is 313 g/mol. The van der Waals surface area contributed by atoms with Crippen LogP contribution in [0.2, 0.25) is 0 Å². The summed E-state index contributed by atoms with van der Waals surface area (Å²) < 4.78 is 15.0. The second-order valence-corrected chi connectivity index (χ2v) is 6.21. The molecule has 18 heavy (non-hydrogen) atoms. The summed E-state index contributed by atoms with van der Waals surface area (Å²) in [4.78, 5) is 0. The van der Waals surface area contributed by atoms with Crippen LogP contribution in [0.25, 0.3) is 0 Å². The maximum Gasteiger partial charge on any atom is 0.128 e. The lowest BCUT2D eigenvalue weighted by Gasteiger charge is -2.26. The summed E-state index contributed by atoms with van der Waals surface area (Å²) in [7, 11) is 0. The third-order valence-electron chi connectivity index (χ3n) is 3.80. The molecule has 0 aromatic heterocycles. The number of benzene rings is 1. The summed E-state index contributed by atoms with van der Waals surface area (Å²) in [6, 6.07) is 5.37. The van der Waals surface area contributed by atoms with E-state index in [4.69, 9.17) is 0 Å². The zero-order valence-corrected chi connectivity index (χ0v) is 12.6. The van der Waals surface area contributed by atoms with E-state index in [0.29, 0.717) is 5.92 Å². The minimum Gasteiger partial charge on any atom is -0.310 e. The normalized spacial score (nSPS) is 18.7. The fourth-order valence-electron chi connectivity index (χ4n) is 2.53. The van der Waals surface area contributed by atoms with Gasteiger partial charge in [-0.2, -0.15) is 0 Å². The first-order chi connectivity index (χ1) is 8.63. The fraction of sp³-hybridized carbons (Fsp3) is 0.600. The average Bonchev–Trinajstić information content (AvgIpc) is 3.17. The van der Waals surface area contributed by atoms with E-state index in [1.165, 1.54) is 12.8 Å². The molecule has 0 aliphatic heterocycles. The molecular weight excluding hydrogens is 293 g/mol. The Balaban J connectivity index is 2.22. The molecule has 1 aliphatic carbocycles. The predicted octanol–water partition coefficient (Wildman–Crippen LogP) is 4.68. The minimum atomic E-state index is -0.0979. The number of halogens is 2. The highest BCUT2D eigenvalue weighted by Gasteiger charge is 2.34. The second kappa shape index (κ2) is 6.16. The third-order valence-corrected chi connectivity index (χ3v) is 4.29. The molecule has 0 spiro atoms. The number of hydrogen-bond acceptors (Lipinski definition) is 1. The van der Waals surface area contributed by atoms with Gasteiger partial charge in [-0.05, 0) is 55.8 Å². The fourth-order valence-corrected chi connectivity index (χ4v) is 2.90. The van der Waals surface area contributed by atoms with Gasteiger partial charge in [0.2, 0.25) is 0 Å². The zero-order chi connectivity index (χ0) is 13.1. The summed E-state index contributed by atoms with van der Waals surface area (Å²) in [5.41, 5.74) is 0.803. The molecule has 2 rings (SSSR count). The molecule has 1 saturated carbocycles. The Labute approximate surface area is 117 Å². The highest BCUT2D eigenvalue weighted by Crippen LogP contribution is 2.43. The van der Waals surface area contributed by atoms with Crippen molar-refractivity contribution in [3.05, 3.63) is 34.1 Å². The summed E-state index contributed by atoms with van der Waals surface area (Å²) in [5, 5.41) is 3.51. The molecule has 100 valence electrons. The molecule has 0 saturated heterocycles. The highest BCUT2D eigenvalue weighted by molar-refractivity contribution is 9.10. The molecule has 3 heteroatoms. The van der Waals surface area contributed by atoms with Crippen molar-refractivity contribution < 1.29 is 4.39 Å². The van der Waals surface area contributed by atoms with Crippen LogP contribution in [0.3, 0.4) is 0 Å². The van der Waals surface area contributed by atoms with E-state index >= 15 is 0 Å². The zero-order valence-electron chi connectivity index (χ0n) is 11.0. The Kier molecular flexibility index (Phi) is 4.79. The van der Waals surface area contributed by atoms with Crippen molar-refractivity contribution in [1.29, 1.82) is 0 Å². The molecule has 1 aromatic rings. The lowest BCUT2D eigenvalue weighted by Crippen LogP contribution is -2.29. The minimum absolute atomic E-state index is 0.0979. The van der Waals surface area contributed by atoms with E-state index in [-0.39, 0.29) is 11.9 Å². The quantitative estimate of drug-likeness (QED) is 0.804. The van der Waals surface area contributed by atoms with Crippen molar-refractivity contribution >= 4 is 15.9 Å². The van der Waals surface area contributed by atoms with Gasteiger partial charge in [0.15, 0.2) is 0 Å².